The fraction of sp³-hybridized carbons (Fsp3) is 1.00. The maximum atomic E-state index is 12.0. The molecular weight excluding hydrogens is 212 g/mol. The van der Waals surface area contributed by atoms with Crippen molar-refractivity contribution in [3.8, 4) is 0 Å². The van der Waals surface area contributed by atoms with Crippen LogP contribution in [-0.2, 0) is 0 Å². The summed E-state index contributed by atoms with van der Waals surface area (Å²) >= 11 is 0. The van der Waals surface area contributed by atoms with Crippen LogP contribution in [-0.4, -0.2) is 23.7 Å². The fourth-order valence-corrected chi connectivity index (χ4v) is 1.62. The molecule has 0 amide bonds. The van der Waals surface area contributed by atoms with E-state index in [9.17, 15) is 35.1 Å². The second-order valence-electron chi connectivity index (χ2n) is 3.05. The van der Waals surface area contributed by atoms with Gasteiger partial charge >= 0.3 is 23.7 Å². The lowest BCUT2D eigenvalue weighted by Gasteiger charge is -1.86. The highest BCUT2D eigenvalue weighted by Crippen LogP contribution is 2.95. The maximum Gasteiger partial charge on any atom is 0.335 e. The van der Waals surface area contributed by atoms with Gasteiger partial charge in [0, 0.05) is 0 Å². The van der Waals surface area contributed by atoms with Gasteiger partial charge in [0.15, 0.2) is 0 Å². The van der Waals surface area contributed by atoms with E-state index >= 15 is 0 Å². The standard InChI is InChI=1S/C5F8/c6-2(7)1(3(2,8)9)4(10,11)5(1,12)13. The number of hydrogen-bond donors (Lipinski definition) is 0. The molecule has 2 saturated carbocycles. The van der Waals surface area contributed by atoms with Crippen LogP contribution < -0.4 is 0 Å². The van der Waals surface area contributed by atoms with Crippen LogP contribution in [0, 0.1) is 5.41 Å². The molecule has 1 spiro atoms. The van der Waals surface area contributed by atoms with Crippen LogP contribution in [0.4, 0.5) is 35.1 Å². The normalized spacial score (nSPS) is 38.8. The summed E-state index contributed by atoms with van der Waals surface area (Å²) in [6, 6.07) is 0. The Morgan fingerprint density at radius 1 is 0.385 bits per heavy atom. The molecular formula is C5F8. The third-order valence-corrected chi connectivity index (χ3v) is 2.55. The zero-order valence-corrected chi connectivity index (χ0v) is 5.52. The molecule has 0 nitrogen and oxygen atoms in total. The maximum absolute atomic E-state index is 12.0. The molecule has 0 bridgehead atoms. The largest absolute Gasteiger partial charge is 0.335 e. The van der Waals surface area contributed by atoms with Crippen molar-refractivity contribution in [2.24, 2.45) is 5.41 Å². The molecule has 0 heterocycles. The zero-order chi connectivity index (χ0) is 10.5. The molecule has 13 heavy (non-hydrogen) atoms. The first-order chi connectivity index (χ1) is 5.50. The molecule has 76 valence electrons. The fourth-order valence-electron chi connectivity index (χ4n) is 1.62. The van der Waals surface area contributed by atoms with Crippen molar-refractivity contribution < 1.29 is 35.1 Å². The van der Waals surface area contributed by atoms with Crippen LogP contribution in [0.3, 0.4) is 0 Å². The van der Waals surface area contributed by atoms with Gasteiger partial charge in [-0.15, -0.1) is 0 Å². The van der Waals surface area contributed by atoms with Crippen molar-refractivity contribution in [2.75, 3.05) is 0 Å². The second kappa shape index (κ2) is 1.44. The van der Waals surface area contributed by atoms with Crippen molar-refractivity contribution in [2.45, 2.75) is 23.7 Å². The Labute approximate surface area is 65.5 Å². The summed E-state index contributed by atoms with van der Waals surface area (Å²) in [7, 11) is 0. The van der Waals surface area contributed by atoms with Crippen molar-refractivity contribution >= 4 is 0 Å². The van der Waals surface area contributed by atoms with Crippen LogP contribution in [0.2, 0.25) is 0 Å². The van der Waals surface area contributed by atoms with E-state index < -0.39 is 29.1 Å². The number of rotatable bonds is 0. The number of halogens is 8. The molecule has 2 aliphatic rings. The molecule has 0 saturated heterocycles. The predicted molar refractivity (Wildman–Crippen MR) is 22.2 cm³/mol. The topological polar surface area (TPSA) is 0 Å². The van der Waals surface area contributed by atoms with Gasteiger partial charge in [-0.05, 0) is 0 Å². The van der Waals surface area contributed by atoms with Gasteiger partial charge in [-0.1, -0.05) is 0 Å². The minimum atomic E-state index is -5.31. The van der Waals surface area contributed by atoms with Crippen LogP contribution in [0.1, 0.15) is 0 Å². The minimum absolute atomic E-state index is 4.75. The quantitative estimate of drug-likeness (QED) is 0.541. The van der Waals surface area contributed by atoms with E-state index in [1.165, 1.54) is 0 Å². The van der Waals surface area contributed by atoms with Gasteiger partial charge in [0.25, 0.3) is 0 Å². The van der Waals surface area contributed by atoms with E-state index in [0.29, 0.717) is 0 Å². The first-order valence-corrected chi connectivity index (χ1v) is 3.01. The van der Waals surface area contributed by atoms with Gasteiger partial charge in [0.1, 0.15) is 0 Å². The number of hydrogen-bond acceptors (Lipinski definition) is 0. The molecule has 0 aromatic carbocycles. The van der Waals surface area contributed by atoms with Gasteiger partial charge in [0.05, 0.1) is 0 Å². The van der Waals surface area contributed by atoms with Crippen LogP contribution in [0.5, 0.6) is 0 Å². The molecule has 0 atom stereocenters. The first-order valence-electron chi connectivity index (χ1n) is 3.01. The molecule has 0 aliphatic heterocycles. The average Bonchev–Trinajstić information content (AvgIpc) is 2.35. The Bertz CT molecular complexity index is 227. The van der Waals surface area contributed by atoms with Crippen molar-refractivity contribution in [3.63, 3.8) is 0 Å². The van der Waals surface area contributed by atoms with Crippen LogP contribution in [0.15, 0.2) is 0 Å². The highest BCUT2D eigenvalue weighted by atomic mass is 19.4. The third-order valence-electron chi connectivity index (χ3n) is 2.55. The molecule has 2 aliphatic carbocycles. The summed E-state index contributed by atoms with van der Waals surface area (Å²) in [5, 5.41) is 0. The summed E-state index contributed by atoms with van der Waals surface area (Å²) in [6.07, 6.45) is 0. The van der Waals surface area contributed by atoms with Gasteiger partial charge < -0.3 is 0 Å². The number of alkyl halides is 8. The van der Waals surface area contributed by atoms with Crippen molar-refractivity contribution in [1.82, 2.24) is 0 Å². The van der Waals surface area contributed by atoms with Gasteiger partial charge in [-0.3, -0.25) is 0 Å². The Morgan fingerprint density at radius 3 is 0.538 bits per heavy atom. The summed E-state index contributed by atoms with van der Waals surface area (Å²) in [6.45, 7) is 0. The smallest absolute Gasteiger partial charge is 0.198 e. The zero-order valence-electron chi connectivity index (χ0n) is 5.52. The lowest BCUT2D eigenvalue weighted by Crippen LogP contribution is -2.02. The summed E-state index contributed by atoms with van der Waals surface area (Å²) in [4.78, 5) is 0. The summed E-state index contributed by atoms with van der Waals surface area (Å²) in [5.41, 5.74) is -4.75. The van der Waals surface area contributed by atoms with E-state index in [1.54, 1.807) is 0 Å². The van der Waals surface area contributed by atoms with E-state index in [4.69, 9.17) is 0 Å². The Hall–Kier alpha value is -0.560. The molecule has 2 fully saturated rings. The highest BCUT2D eigenvalue weighted by Gasteiger charge is 3.25. The molecule has 8 heteroatoms. The van der Waals surface area contributed by atoms with E-state index in [1.807, 2.05) is 0 Å². The lowest BCUT2D eigenvalue weighted by molar-refractivity contribution is -0.0278. The third kappa shape index (κ3) is 0.417. The molecule has 0 radical (unpaired) electrons. The lowest BCUT2D eigenvalue weighted by atomic mass is 10.4. The van der Waals surface area contributed by atoms with Crippen LogP contribution in [0.25, 0.3) is 0 Å². The minimum Gasteiger partial charge on any atom is -0.198 e. The molecule has 0 aromatic heterocycles. The van der Waals surface area contributed by atoms with Gasteiger partial charge in [-0.2, -0.15) is 35.1 Å². The Kier molecular flexibility index (Phi) is 0.997. The SMILES string of the molecule is FC1(F)C(F)(F)C12C(F)(F)C2(F)F. The second-order valence-corrected chi connectivity index (χ2v) is 3.05. The van der Waals surface area contributed by atoms with E-state index in [-0.39, 0.29) is 0 Å². The van der Waals surface area contributed by atoms with Crippen molar-refractivity contribution in [1.29, 1.82) is 0 Å². The van der Waals surface area contributed by atoms with E-state index in [2.05, 4.69) is 0 Å². The molecule has 0 N–H and O–H groups in total. The monoisotopic (exact) mass is 212 g/mol. The highest BCUT2D eigenvalue weighted by molar-refractivity contribution is 5.50. The molecule has 0 aromatic rings. The van der Waals surface area contributed by atoms with E-state index in [0.717, 1.165) is 0 Å². The van der Waals surface area contributed by atoms with Crippen molar-refractivity contribution in [3.05, 3.63) is 0 Å². The Balaban J connectivity index is 2.53. The molecule has 0 unspecified atom stereocenters. The first kappa shape index (κ1) is 9.01. The Morgan fingerprint density at radius 2 is 0.538 bits per heavy atom. The average molecular weight is 212 g/mol. The van der Waals surface area contributed by atoms with Crippen LogP contribution >= 0.6 is 0 Å². The molecule has 2 rings (SSSR count). The van der Waals surface area contributed by atoms with Gasteiger partial charge in [0.2, 0.25) is 5.41 Å². The van der Waals surface area contributed by atoms with Gasteiger partial charge in [-0.25, -0.2) is 0 Å². The summed E-state index contributed by atoms with van der Waals surface area (Å²) < 4.78 is 96.2. The predicted octanol–water partition coefficient (Wildman–Crippen LogP) is 2.54. The summed E-state index contributed by atoms with van der Waals surface area (Å²) in [5.74, 6) is -21.2.